The van der Waals surface area contributed by atoms with Crippen molar-refractivity contribution in [3.8, 4) is 0 Å². The topological polar surface area (TPSA) is 47.6 Å². The molecule has 0 bridgehead atoms. The molecule has 1 aromatic rings. The molecule has 1 aromatic carbocycles. The largest absolute Gasteiger partial charge is 0.352 e. The molecule has 0 saturated carbocycles. The lowest BCUT2D eigenvalue weighted by Crippen LogP contribution is -2.33. The highest BCUT2D eigenvalue weighted by atomic mass is 16.7. The van der Waals surface area contributed by atoms with E-state index in [0.717, 1.165) is 5.56 Å². The van der Waals surface area contributed by atoms with Crippen LogP contribution < -0.4 is 5.32 Å². The van der Waals surface area contributed by atoms with Gasteiger partial charge in [0.25, 0.3) is 5.91 Å². The van der Waals surface area contributed by atoms with Crippen LogP contribution in [0.1, 0.15) is 29.3 Å². The number of hydrogen-bond donors (Lipinski definition) is 1. The third-order valence-corrected chi connectivity index (χ3v) is 3.08. The summed E-state index contributed by atoms with van der Waals surface area (Å²) in [6.45, 7) is 5.70. The van der Waals surface area contributed by atoms with Gasteiger partial charge in [-0.3, -0.25) is 4.79 Å². The minimum absolute atomic E-state index is 0.0587. The van der Waals surface area contributed by atoms with E-state index in [4.69, 9.17) is 9.47 Å². The summed E-state index contributed by atoms with van der Waals surface area (Å²) in [6, 6.07) is 7.52. The Morgan fingerprint density at radius 3 is 2.50 bits per heavy atom. The molecule has 1 amide bonds. The number of hydrogen-bond acceptors (Lipinski definition) is 3. The number of aryl methyl sites for hydroxylation is 1. The highest BCUT2D eigenvalue weighted by Crippen LogP contribution is 2.21. The SMILES string of the molecule is Cc1ccc(C(=O)NCCC2(C)OCCO2)cc1. The van der Waals surface area contributed by atoms with Crippen molar-refractivity contribution in [2.75, 3.05) is 19.8 Å². The molecule has 2 rings (SSSR count). The Morgan fingerprint density at radius 2 is 1.89 bits per heavy atom. The zero-order valence-corrected chi connectivity index (χ0v) is 10.9. The molecule has 1 heterocycles. The second-order valence-electron chi connectivity index (χ2n) is 4.70. The number of nitrogens with one attached hydrogen (secondary N) is 1. The van der Waals surface area contributed by atoms with Gasteiger partial charge in [-0.15, -0.1) is 0 Å². The summed E-state index contributed by atoms with van der Waals surface area (Å²) in [5.74, 6) is -0.600. The number of amides is 1. The van der Waals surface area contributed by atoms with Gasteiger partial charge in [-0.05, 0) is 26.0 Å². The van der Waals surface area contributed by atoms with E-state index in [1.165, 1.54) is 0 Å². The molecule has 1 aliphatic rings. The van der Waals surface area contributed by atoms with Crippen molar-refractivity contribution in [3.05, 3.63) is 35.4 Å². The Balaban J connectivity index is 1.79. The van der Waals surface area contributed by atoms with E-state index < -0.39 is 5.79 Å². The first kappa shape index (κ1) is 13.1. The molecule has 4 heteroatoms. The van der Waals surface area contributed by atoms with Gasteiger partial charge >= 0.3 is 0 Å². The Hall–Kier alpha value is -1.39. The van der Waals surface area contributed by atoms with Crippen LogP contribution in [0.3, 0.4) is 0 Å². The molecule has 1 saturated heterocycles. The molecule has 0 aromatic heterocycles. The molecule has 1 N–H and O–H groups in total. The van der Waals surface area contributed by atoms with Gasteiger partial charge in [0, 0.05) is 18.5 Å². The highest BCUT2D eigenvalue weighted by molar-refractivity contribution is 5.94. The van der Waals surface area contributed by atoms with Crippen LogP contribution in [0.4, 0.5) is 0 Å². The van der Waals surface area contributed by atoms with E-state index in [1.54, 1.807) is 0 Å². The van der Waals surface area contributed by atoms with E-state index in [0.29, 0.717) is 31.7 Å². The van der Waals surface area contributed by atoms with Gasteiger partial charge in [0.2, 0.25) is 0 Å². The van der Waals surface area contributed by atoms with E-state index in [1.807, 2.05) is 38.1 Å². The molecule has 0 aliphatic carbocycles. The van der Waals surface area contributed by atoms with Gasteiger partial charge in [-0.2, -0.15) is 0 Å². The molecule has 0 radical (unpaired) electrons. The summed E-state index contributed by atoms with van der Waals surface area (Å²) >= 11 is 0. The van der Waals surface area contributed by atoms with Crippen LogP contribution >= 0.6 is 0 Å². The van der Waals surface area contributed by atoms with Crippen molar-refractivity contribution in [2.24, 2.45) is 0 Å². The summed E-state index contributed by atoms with van der Waals surface area (Å²) in [4.78, 5) is 11.8. The number of benzene rings is 1. The number of carbonyl (C=O) groups excluding carboxylic acids is 1. The molecule has 0 atom stereocenters. The Kier molecular flexibility index (Phi) is 3.99. The van der Waals surface area contributed by atoms with Crippen molar-refractivity contribution < 1.29 is 14.3 Å². The molecule has 18 heavy (non-hydrogen) atoms. The number of rotatable bonds is 4. The zero-order chi connectivity index (χ0) is 13.0. The lowest BCUT2D eigenvalue weighted by molar-refractivity contribution is -0.145. The van der Waals surface area contributed by atoms with Crippen LogP contribution in [0.25, 0.3) is 0 Å². The first-order valence-electron chi connectivity index (χ1n) is 6.22. The monoisotopic (exact) mass is 249 g/mol. The molecule has 98 valence electrons. The van der Waals surface area contributed by atoms with Gasteiger partial charge in [-0.1, -0.05) is 17.7 Å². The van der Waals surface area contributed by atoms with Crippen LogP contribution in [-0.4, -0.2) is 31.5 Å². The van der Waals surface area contributed by atoms with Crippen LogP contribution in [0.15, 0.2) is 24.3 Å². The Morgan fingerprint density at radius 1 is 1.28 bits per heavy atom. The first-order valence-corrected chi connectivity index (χ1v) is 6.22. The molecule has 0 unspecified atom stereocenters. The van der Waals surface area contributed by atoms with Crippen molar-refractivity contribution in [1.29, 1.82) is 0 Å². The minimum atomic E-state index is -0.541. The number of carbonyl (C=O) groups is 1. The summed E-state index contributed by atoms with van der Waals surface area (Å²) in [6.07, 6.45) is 0.657. The lowest BCUT2D eigenvalue weighted by atomic mass is 10.1. The fourth-order valence-electron chi connectivity index (χ4n) is 1.91. The summed E-state index contributed by atoms with van der Waals surface area (Å²) in [7, 11) is 0. The van der Waals surface area contributed by atoms with E-state index >= 15 is 0 Å². The number of ether oxygens (including phenoxy) is 2. The fourth-order valence-corrected chi connectivity index (χ4v) is 1.91. The lowest BCUT2D eigenvalue weighted by Gasteiger charge is -2.22. The van der Waals surface area contributed by atoms with Gasteiger partial charge in [0.1, 0.15) is 0 Å². The maximum absolute atomic E-state index is 11.8. The van der Waals surface area contributed by atoms with Crippen molar-refractivity contribution in [2.45, 2.75) is 26.1 Å². The predicted octanol–water partition coefficient (Wildman–Crippen LogP) is 1.88. The highest BCUT2D eigenvalue weighted by Gasteiger charge is 2.30. The van der Waals surface area contributed by atoms with E-state index in [9.17, 15) is 4.79 Å². The smallest absolute Gasteiger partial charge is 0.251 e. The van der Waals surface area contributed by atoms with E-state index in [2.05, 4.69) is 5.32 Å². The third kappa shape index (κ3) is 3.31. The van der Waals surface area contributed by atoms with Gasteiger partial charge < -0.3 is 14.8 Å². The van der Waals surface area contributed by atoms with Gasteiger partial charge in [0.15, 0.2) is 5.79 Å². The standard InChI is InChI=1S/C14H19NO3/c1-11-3-5-12(6-4-11)13(16)15-8-7-14(2)17-9-10-18-14/h3-6H,7-10H2,1-2H3,(H,15,16). The molecular weight excluding hydrogens is 230 g/mol. The molecule has 1 fully saturated rings. The van der Waals surface area contributed by atoms with Crippen molar-refractivity contribution in [1.82, 2.24) is 5.32 Å². The van der Waals surface area contributed by atoms with Crippen molar-refractivity contribution in [3.63, 3.8) is 0 Å². The van der Waals surface area contributed by atoms with Gasteiger partial charge in [-0.25, -0.2) is 0 Å². The van der Waals surface area contributed by atoms with E-state index in [-0.39, 0.29) is 5.91 Å². The summed E-state index contributed by atoms with van der Waals surface area (Å²) < 4.78 is 10.9. The maximum atomic E-state index is 11.8. The Labute approximate surface area is 107 Å². The van der Waals surface area contributed by atoms with Gasteiger partial charge in [0.05, 0.1) is 13.2 Å². The van der Waals surface area contributed by atoms with Crippen molar-refractivity contribution >= 4 is 5.91 Å². The van der Waals surface area contributed by atoms with Crippen LogP contribution in [0.5, 0.6) is 0 Å². The first-order chi connectivity index (χ1) is 8.59. The molecule has 4 nitrogen and oxygen atoms in total. The molecule has 1 aliphatic heterocycles. The average molecular weight is 249 g/mol. The summed E-state index contributed by atoms with van der Waals surface area (Å²) in [5.41, 5.74) is 1.82. The second-order valence-corrected chi connectivity index (χ2v) is 4.70. The molecular formula is C14H19NO3. The molecule has 0 spiro atoms. The minimum Gasteiger partial charge on any atom is -0.352 e. The normalized spacial score (nSPS) is 17.7. The predicted molar refractivity (Wildman–Crippen MR) is 68.4 cm³/mol. The zero-order valence-electron chi connectivity index (χ0n) is 10.9. The van der Waals surface area contributed by atoms with Crippen LogP contribution in [0.2, 0.25) is 0 Å². The maximum Gasteiger partial charge on any atom is 0.251 e. The fraction of sp³-hybridized carbons (Fsp3) is 0.500. The third-order valence-electron chi connectivity index (χ3n) is 3.08. The van der Waals surface area contributed by atoms with Crippen LogP contribution in [-0.2, 0) is 9.47 Å². The van der Waals surface area contributed by atoms with Crippen LogP contribution in [0, 0.1) is 6.92 Å². The average Bonchev–Trinajstić information content (AvgIpc) is 2.77. The second kappa shape index (κ2) is 5.50. The Bertz CT molecular complexity index is 408. The summed E-state index contributed by atoms with van der Waals surface area (Å²) in [5, 5.41) is 2.87. The quantitative estimate of drug-likeness (QED) is 0.886.